The van der Waals surface area contributed by atoms with E-state index in [4.69, 9.17) is 0 Å². The van der Waals surface area contributed by atoms with Crippen molar-refractivity contribution in [1.82, 2.24) is 19.6 Å². The molecule has 3 heterocycles. The Labute approximate surface area is 336 Å². The molecule has 2 amide bonds. The maximum absolute atomic E-state index is 13.7. The minimum absolute atomic E-state index is 0.168. The predicted molar refractivity (Wildman–Crippen MR) is 232 cm³/mol. The van der Waals surface area contributed by atoms with Crippen molar-refractivity contribution in [3.63, 3.8) is 0 Å². The second kappa shape index (κ2) is 17.1. The summed E-state index contributed by atoms with van der Waals surface area (Å²) in [5, 5.41) is 0. The van der Waals surface area contributed by atoms with Gasteiger partial charge >= 0.3 is 0 Å². The van der Waals surface area contributed by atoms with E-state index in [2.05, 4.69) is 124 Å². The van der Waals surface area contributed by atoms with Crippen LogP contribution in [0.15, 0.2) is 60.7 Å². The maximum Gasteiger partial charge on any atom is 0.253 e. The Bertz CT molecular complexity index is 1880. The number of amides is 2. The number of benzene rings is 4. The van der Waals surface area contributed by atoms with Crippen molar-refractivity contribution in [3.8, 4) is 22.3 Å². The largest absolute Gasteiger partial charge is 0.339 e. The third-order valence-electron chi connectivity index (χ3n) is 13.7. The molecule has 7 rings (SSSR count). The quantitative estimate of drug-likeness (QED) is 0.180. The van der Waals surface area contributed by atoms with Gasteiger partial charge in [-0.1, -0.05) is 36.4 Å². The van der Waals surface area contributed by atoms with E-state index in [9.17, 15) is 9.59 Å². The molecule has 0 bridgehead atoms. The van der Waals surface area contributed by atoms with Gasteiger partial charge < -0.3 is 19.6 Å². The zero-order valence-electron chi connectivity index (χ0n) is 35.4. The van der Waals surface area contributed by atoms with Crippen LogP contribution in [0.4, 0.5) is 0 Å². The third-order valence-corrected chi connectivity index (χ3v) is 13.7. The van der Waals surface area contributed by atoms with Crippen molar-refractivity contribution in [2.45, 2.75) is 81.1 Å². The van der Waals surface area contributed by atoms with E-state index in [0.717, 1.165) is 113 Å². The second-order valence-electron chi connectivity index (χ2n) is 17.6. The summed E-state index contributed by atoms with van der Waals surface area (Å²) >= 11 is 0. The zero-order chi connectivity index (χ0) is 39.7. The molecule has 4 aromatic carbocycles. The number of piperazine rings is 1. The van der Waals surface area contributed by atoms with Crippen LogP contribution in [0.25, 0.3) is 22.3 Å². The van der Waals surface area contributed by atoms with Crippen LogP contribution in [0.3, 0.4) is 0 Å². The molecule has 0 atom stereocenters. The summed E-state index contributed by atoms with van der Waals surface area (Å²) in [5.41, 5.74) is 16.6. The molecule has 6 heteroatoms. The van der Waals surface area contributed by atoms with Gasteiger partial charge in [-0.3, -0.25) is 9.59 Å². The highest BCUT2D eigenvalue weighted by Crippen LogP contribution is 2.32. The fraction of sp³-hybridized carbons (Fsp3) is 0.480. The lowest BCUT2D eigenvalue weighted by Gasteiger charge is -2.41. The van der Waals surface area contributed by atoms with Gasteiger partial charge in [-0.25, -0.2) is 0 Å². The Morgan fingerprint density at radius 1 is 0.446 bits per heavy atom. The zero-order valence-corrected chi connectivity index (χ0v) is 35.4. The van der Waals surface area contributed by atoms with Gasteiger partial charge in [0.15, 0.2) is 0 Å². The molecule has 56 heavy (non-hydrogen) atoms. The van der Waals surface area contributed by atoms with E-state index in [-0.39, 0.29) is 11.8 Å². The van der Waals surface area contributed by atoms with Gasteiger partial charge in [0, 0.05) is 76.6 Å². The Morgan fingerprint density at radius 2 is 0.768 bits per heavy atom. The monoisotopic (exact) mass is 753 g/mol. The van der Waals surface area contributed by atoms with Crippen LogP contribution in [0.5, 0.6) is 0 Å². The summed E-state index contributed by atoms with van der Waals surface area (Å²) in [4.78, 5) is 36.9. The van der Waals surface area contributed by atoms with E-state index >= 15 is 0 Å². The second-order valence-corrected chi connectivity index (χ2v) is 17.6. The van der Waals surface area contributed by atoms with Crippen LogP contribution in [-0.4, -0.2) is 96.9 Å². The van der Waals surface area contributed by atoms with Crippen LogP contribution < -0.4 is 0 Å². The Balaban J connectivity index is 0.839. The number of nitrogens with zero attached hydrogens (tertiary/aromatic N) is 4. The van der Waals surface area contributed by atoms with Gasteiger partial charge in [0.05, 0.1) is 0 Å². The third kappa shape index (κ3) is 8.82. The Morgan fingerprint density at radius 3 is 1.09 bits per heavy atom. The van der Waals surface area contributed by atoms with Crippen molar-refractivity contribution in [2.24, 2.45) is 11.8 Å². The minimum Gasteiger partial charge on any atom is -0.339 e. The molecular weight excluding hydrogens is 689 g/mol. The fourth-order valence-corrected chi connectivity index (χ4v) is 9.40. The lowest BCUT2D eigenvalue weighted by Crippen LogP contribution is -2.50. The number of hydrogen-bond donors (Lipinski definition) is 0. The Hall–Kier alpha value is -4.26. The number of carbonyl (C=O) groups is 2. The number of carbonyl (C=O) groups excluding carboxylic acids is 2. The SMILES string of the molecule is Cc1ccc(C(=O)N2CCC(CN3CCN(CC4CCN(C(=O)c5ccc(C)c(-c6cc(C)c(C)c(C)c6)c5)CC4)CC3)CC2)cc1-c1cc(C)c(C)c(C)c1. The first-order valence-corrected chi connectivity index (χ1v) is 21.3. The summed E-state index contributed by atoms with van der Waals surface area (Å²) in [5.74, 6) is 1.63. The normalized spacial score (nSPS) is 17.8. The molecule has 6 nitrogen and oxygen atoms in total. The van der Waals surface area contributed by atoms with E-state index in [1.54, 1.807) is 0 Å². The van der Waals surface area contributed by atoms with Gasteiger partial charge in [0.25, 0.3) is 11.8 Å². The first kappa shape index (κ1) is 40.0. The smallest absolute Gasteiger partial charge is 0.253 e. The average molecular weight is 753 g/mol. The molecule has 0 radical (unpaired) electrons. The molecule has 0 spiro atoms. The molecule has 4 aromatic rings. The molecule has 0 aliphatic carbocycles. The lowest BCUT2D eigenvalue weighted by molar-refractivity contribution is 0.0565. The molecule has 3 aliphatic heterocycles. The predicted octanol–water partition coefficient (Wildman–Crippen LogP) is 9.51. The van der Waals surface area contributed by atoms with Gasteiger partial charge in [-0.2, -0.15) is 0 Å². The highest BCUT2D eigenvalue weighted by atomic mass is 16.2. The number of rotatable bonds is 8. The summed E-state index contributed by atoms with van der Waals surface area (Å²) in [6.07, 6.45) is 4.31. The molecule has 0 unspecified atom stereocenters. The van der Waals surface area contributed by atoms with Crippen LogP contribution >= 0.6 is 0 Å². The van der Waals surface area contributed by atoms with Crippen LogP contribution in [-0.2, 0) is 0 Å². The number of aryl methyl sites for hydroxylation is 6. The van der Waals surface area contributed by atoms with Crippen LogP contribution in [0, 0.1) is 67.2 Å². The molecular formula is C50H64N4O2. The first-order chi connectivity index (χ1) is 26.8. The molecule has 0 saturated carbocycles. The molecule has 3 saturated heterocycles. The molecule has 3 fully saturated rings. The van der Waals surface area contributed by atoms with Crippen molar-refractivity contribution in [1.29, 1.82) is 0 Å². The first-order valence-electron chi connectivity index (χ1n) is 21.3. The van der Waals surface area contributed by atoms with Crippen LogP contribution in [0.2, 0.25) is 0 Å². The molecule has 0 N–H and O–H groups in total. The topological polar surface area (TPSA) is 47.1 Å². The average Bonchev–Trinajstić information content (AvgIpc) is 3.20. The summed E-state index contributed by atoms with van der Waals surface area (Å²) < 4.78 is 0. The van der Waals surface area contributed by atoms with Crippen molar-refractivity contribution in [3.05, 3.63) is 116 Å². The number of likely N-dealkylation sites (tertiary alicyclic amines) is 2. The highest BCUT2D eigenvalue weighted by molar-refractivity contribution is 5.96. The van der Waals surface area contributed by atoms with E-state index in [1.165, 1.54) is 55.6 Å². The van der Waals surface area contributed by atoms with E-state index < -0.39 is 0 Å². The van der Waals surface area contributed by atoms with Gasteiger partial charge in [-0.15, -0.1) is 0 Å². The van der Waals surface area contributed by atoms with Crippen LogP contribution in [0.1, 0.15) is 90.9 Å². The summed E-state index contributed by atoms with van der Waals surface area (Å²) in [6, 6.07) is 21.5. The summed E-state index contributed by atoms with van der Waals surface area (Å²) in [6.45, 7) is 27.5. The van der Waals surface area contributed by atoms with Crippen molar-refractivity contribution < 1.29 is 9.59 Å². The minimum atomic E-state index is 0.168. The number of hydrogen-bond acceptors (Lipinski definition) is 4. The molecule has 0 aromatic heterocycles. The van der Waals surface area contributed by atoms with Crippen molar-refractivity contribution in [2.75, 3.05) is 65.4 Å². The molecule has 3 aliphatic rings. The van der Waals surface area contributed by atoms with Gasteiger partial charge in [0.2, 0.25) is 0 Å². The van der Waals surface area contributed by atoms with Gasteiger partial charge in [-0.05, 0) is 184 Å². The van der Waals surface area contributed by atoms with E-state index in [0.29, 0.717) is 11.8 Å². The Kier molecular flexibility index (Phi) is 12.2. The lowest BCUT2D eigenvalue weighted by atomic mass is 9.92. The summed E-state index contributed by atoms with van der Waals surface area (Å²) in [7, 11) is 0. The number of piperidine rings is 2. The highest BCUT2D eigenvalue weighted by Gasteiger charge is 2.29. The molecule has 296 valence electrons. The van der Waals surface area contributed by atoms with Gasteiger partial charge in [0.1, 0.15) is 0 Å². The fourth-order valence-electron chi connectivity index (χ4n) is 9.40. The maximum atomic E-state index is 13.7. The van der Waals surface area contributed by atoms with Crippen molar-refractivity contribution >= 4 is 11.8 Å². The standard InChI is InChI=1S/C50H64N4O2/c1-33-9-11-43(29-47(33)45-25-35(3)39(7)36(4)26-45)49(55)53-17-13-41(14-18-53)31-51-21-23-52(24-22-51)32-42-15-19-54(20-16-42)50(56)44-12-10-34(2)48(30-44)46-27-37(5)40(8)38(6)28-46/h9-12,25-30,41-42H,13-24,31-32H2,1-8H3. The van der Waals surface area contributed by atoms with E-state index in [1.807, 2.05) is 12.1 Å².